The van der Waals surface area contributed by atoms with Gasteiger partial charge in [-0.2, -0.15) is 65.9 Å². The van der Waals surface area contributed by atoms with Crippen molar-refractivity contribution in [1.29, 1.82) is 0 Å². The van der Waals surface area contributed by atoms with E-state index < -0.39 is 64.4 Å². The third kappa shape index (κ3) is 3.66. The number of rotatable bonds is 8. The van der Waals surface area contributed by atoms with Crippen molar-refractivity contribution in [2.45, 2.75) is 61.1 Å². The van der Waals surface area contributed by atoms with Crippen LogP contribution in [0.3, 0.4) is 0 Å². The summed E-state index contributed by atoms with van der Waals surface area (Å²) in [6, 6.07) is -4.76. The molecule has 1 aromatic heterocycles. The highest BCUT2D eigenvalue weighted by Gasteiger charge is 2.96. The number of nitrogens with zero attached hydrogens (tertiary/aromatic N) is 1. The predicted octanol–water partition coefficient (Wildman–Crippen LogP) is 6.46. The number of alkyl halides is 17. The molecular weight excluding hydrogens is 517 g/mol. The monoisotopic (exact) mass is 526 g/mol. The third-order valence-corrected chi connectivity index (χ3v) is 4.31. The van der Waals surface area contributed by atoms with Gasteiger partial charge < -0.3 is 0 Å². The number of pyridine rings is 1. The van der Waals surface area contributed by atoms with Gasteiger partial charge in [-0.1, -0.05) is 13.0 Å². The van der Waals surface area contributed by atoms with E-state index in [9.17, 15) is 74.6 Å². The molecule has 0 radical (unpaired) electrons. The van der Waals surface area contributed by atoms with Crippen molar-refractivity contribution >= 4 is 0 Å². The second-order valence-electron chi connectivity index (χ2n) is 6.40. The molecule has 0 aliphatic rings. The zero-order valence-corrected chi connectivity index (χ0v) is 15.4. The Balaban J connectivity index is 3.77. The van der Waals surface area contributed by atoms with Crippen LogP contribution in [0.15, 0.2) is 24.4 Å². The van der Waals surface area contributed by atoms with Gasteiger partial charge in [0, 0.05) is 18.6 Å². The Morgan fingerprint density at radius 3 is 1.27 bits per heavy atom. The van der Waals surface area contributed by atoms with Crippen molar-refractivity contribution in [2.75, 3.05) is 0 Å². The molecule has 1 rings (SSSR count). The predicted molar refractivity (Wildman–Crippen MR) is 71.9 cm³/mol. The molecule has 1 aromatic rings. The number of aryl methyl sites for hydroxylation is 1. The summed E-state index contributed by atoms with van der Waals surface area (Å²) in [5, 5.41) is 0. The van der Waals surface area contributed by atoms with E-state index in [4.69, 9.17) is 0 Å². The van der Waals surface area contributed by atoms with Gasteiger partial charge in [-0.25, -0.2) is 0 Å². The first-order valence-electron chi connectivity index (χ1n) is 8.02. The number of hydrogen-bond acceptors (Lipinski definition) is 0. The molecule has 0 fully saturated rings. The number of hydrogen-bond donors (Lipinski definition) is 0. The Bertz CT molecular complexity index is 854. The topological polar surface area (TPSA) is 3.88 Å². The van der Waals surface area contributed by atoms with Gasteiger partial charge in [-0.05, 0) is 0 Å². The van der Waals surface area contributed by atoms with Gasteiger partial charge in [0.2, 0.25) is 0 Å². The van der Waals surface area contributed by atoms with Gasteiger partial charge >= 0.3 is 47.8 Å². The molecule has 192 valence electrons. The minimum absolute atomic E-state index is 0.120. The lowest BCUT2D eigenvalue weighted by molar-refractivity contribution is -0.854. The van der Waals surface area contributed by atoms with E-state index in [-0.39, 0.29) is 6.20 Å². The lowest BCUT2D eigenvalue weighted by Gasteiger charge is -2.41. The van der Waals surface area contributed by atoms with Crippen LogP contribution in [0, 0.1) is 0 Å². The quantitative estimate of drug-likeness (QED) is 0.271. The van der Waals surface area contributed by atoms with E-state index in [0.29, 0.717) is 12.1 Å². The van der Waals surface area contributed by atoms with Crippen LogP contribution in [-0.4, -0.2) is 41.7 Å². The SMILES string of the molecule is CCc1cccc[n+]1C(F)(F)C(F)(F)C(F)(F)C(F)(F)C(F)(F)C(F)(F)C(F)(F)C(F)(F)F. The van der Waals surface area contributed by atoms with Crippen molar-refractivity contribution in [3.05, 3.63) is 30.1 Å². The highest BCUT2D eigenvalue weighted by Crippen LogP contribution is 2.63. The first kappa shape index (κ1) is 29.0. The second kappa shape index (κ2) is 7.74. The lowest BCUT2D eigenvalue weighted by atomic mass is 9.90. The van der Waals surface area contributed by atoms with Gasteiger partial charge in [-0.3, -0.25) is 0 Å². The summed E-state index contributed by atoms with van der Waals surface area (Å²) in [6.07, 6.45) is -8.58. The highest BCUT2D eigenvalue weighted by atomic mass is 19.4. The van der Waals surface area contributed by atoms with Gasteiger partial charge in [0.05, 0.1) is 0 Å². The van der Waals surface area contributed by atoms with Crippen LogP contribution in [-0.2, 0) is 12.5 Å². The molecule has 0 aliphatic carbocycles. The molecule has 0 bridgehead atoms. The minimum atomic E-state index is -8.63. The Labute approximate surface area is 171 Å². The molecule has 1 nitrogen and oxygen atoms in total. The summed E-state index contributed by atoms with van der Waals surface area (Å²) in [4.78, 5) is 0. The van der Waals surface area contributed by atoms with Crippen molar-refractivity contribution in [3.8, 4) is 0 Å². The minimum Gasteiger partial charge on any atom is -0.192 e. The molecule has 0 N–H and O–H groups in total. The third-order valence-electron chi connectivity index (χ3n) is 4.31. The van der Waals surface area contributed by atoms with E-state index >= 15 is 0 Å². The molecule has 18 heteroatoms. The molecule has 0 unspecified atom stereocenters. The Morgan fingerprint density at radius 1 is 0.545 bits per heavy atom. The van der Waals surface area contributed by atoms with Crippen LogP contribution in [0.1, 0.15) is 12.6 Å². The van der Waals surface area contributed by atoms with Crippen LogP contribution >= 0.6 is 0 Å². The Hall–Kier alpha value is -2.04. The van der Waals surface area contributed by atoms with Crippen LogP contribution in [0.2, 0.25) is 0 Å². The Kier molecular flexibility index (Phi) is 6.80. The van der Waals surface area contributed by atoms with E-state index in [1.165, 1.54) is 0 Å². The zero-order valence-electron chi connectivity index (χ0n) is 15.4. The summed E-state index contributed by atoms with van der Waals surface area (Å²) in [5.41, 5.74) is -1.01. The zero-order chi connectivity index (χ0) is 26.7. The summed E-state index contributed by atoms with van der Waals surface area (Å²) in [5.74, 6) is -49.9. The molecular formula is C15H9F17N+. The second-order valence-corrected chi connectivity index (χ2v) is 6.40. The molecule has 0 aliphatic heterocycles. The fourth-order valence-electron chi connectivity index (χ4n) is 2.35. The normalized spacial score (nSPS) is 15.7. The first-order valence-corrected chi connectivity index (χ1v) is 8.02. The number of aromatic nitrogens is 1. The molecule has 0 amide bonds. The standard InChI is InChI=1S/C15H9F17N/c1-2-7-5-3-4-6-33(7)15(31,32)13(26,27)11(22,23)9(18,19)8(16,17)10(20,21)12(24,25)14(28,29)30/h3-6H,2H2,1H3/q+1. The van der Waals surface area contributed by atoms with E-state index in [1.54, 1.807) is 0 Å². The van der Waals surface area contributed by atoms with Crippen LogP contribution < -0.4 is 4.57 Å². The largest absolute Gasteiger partial charge is 0.534 e. The van der Waals surface area contributed by atoms with E-state index in [1.807, 2.05) is 0 Å². The van der Waals surface area contributed by atoms with Gasteiger partial charge in [0.15, 0.2) is 11.9 Å². The highest BCUT2D eigenvalue weighted by molar-refractivity contribution is 5.14. The first-order chi connectivity index (χ1) is 14.3. The van der Waals surface area contributed by atoms with Crippen molar-refractivity contribution in [1.82, 2.24) is 0 Å². The van der Waals surface area contributed by atoms with Crippen LogP contribution in [0.25, 0.3) is 0 Å². The van der Waals surface area contributed by atoms with Crippen molar-refractivity contribution in [2.24, 2.45) is 0 Å². The van der Waals surface area contributed by atoms with E-state index in [2.05, 4.69) is 0 Å². The van der Waals surface area contributed by atoms with Crippen molar-refractivity contribution in [3.63, 3.8) is 0 Å². The van der Waals surface area contributed by atoms with Crippen LogP contribution in [0.4, 0.5) is 74.6 Å². The molecule has 33 heavy (non-hydrogen) atoms. The Morgan fingerprint density at radius 2 is 0.909 bits per heavy atom. The molecule has 0 aromatic carbocycles. The maximum atomic E-state index is 14.2. The summed E-state index contributed by atoms with van der Waals surface area (Å²) in [6.45, 7) is 0.945. The summed E-state index contributed by atoms with van der Waals surface area (Å²) in [7, 11) is 0. The van der Waals surface area contributed by atoms with Crippen molar-refractivity contribution < 1.29 is 79.2 Å². The fourth-order valence-corrected chi connectivity index (χ4v) is 2.35. The van der Waals surface area contributed by atoms with Gasteiger partial charge in [0.1, 0.15) is 0 Å². The van der Waals surface area contributed by atoms with Gasteiger partial charge in [-0.15, -0.1) is 13.3 Å². The lowest BCUT2D eigenvalue weighted by Crippen LogP contribution is -2.77. The smallest absolute Gasteiger partial charge is 0.192 e. The maximum Gasteiger partial charge on any atom is 0.534 e. The summed E-state index contributed by atoms with van der Waals surface area (Å²) < 4.78 is 225. The summed E-state index contributed by atoms with van der Waals surface area (Å²) >= 11 is 0. The maximum absolute atomic E-state index is 14.2. The average Bonchev–Trinajstić information content (AvgIpc) is 2.65. The number of halogens is 17. The molecule has 0 atom stereocenters. The van der Waals surface area contributed by atoms with Crippen LogP contribution in [0.5, 0.6) is 0 Å². The molecule has 0 saturated carbocycles. The molecule has 1 heterocycles. The fraction of sp³-hybridized carbons (Fsp3) is 0.667. The molecule has 0 saturated heterocycles. The van der Waals surface area contributed by atoms with E-state index in [0.717, 1.165) is 13.0 Å². The van der Waals surface area contributed by atoms with Gasteiger partial charge in [0.25, 0.3) is 0 Å². The molecule has 0 spiro atoms. The average molecular weight is 526 g/mol.